The van der Waals surface area contributed by atoms with Crippen LogP contribution in [0.25, 0.3) is 0 Å². The molecule has 0 radical (unpaired) electrons. The average Bonchev–Trinajstić information content (AvgIpc) is 2.65. The first kappa shape index (κ1) is 12.3. The lowest BCUT2D eigenvalue weighted by Crippen LogP contribution is -2.29. The summed E-state index contributed by atoms with van der Waals surface area (Å²) in [5, 5.41) is 13.0. The molecule has 0 heterocycles. The molecule has 1 atom stereocenters. The Kier molecular flexibility index (Phi) is 6.65. The zero-order valence-electron chi connectivity index (χ0n) is 9.17. The maximum atomic E-state index is 9.74. The van der Waals surface area contributed by atoms with Crippen molar-refractivity contribution in [1.82, 2.24) is 5.32 Å². The third-order valence-corrected chi connectivity index (χ3v) is 3.56. The Bertz CT molecular complexity index is 137. The summed E-state index contributed by atoms with van der Waals surface area (Å²) in [7, 11) is 0. The van der Waals surface area contributed by atoms with Gasteiger partial charge in [0, 0.05) is 18.8 Å². The van der Waals surface area contributed by atoms with Crippen molar-refractivity contribution < 1.29 is 5.11 Å². The number of aliphatic hydroxyl groups excluding tert-OH is 1. The molecule has 0 aromatic carbocycles. The van der Waals surface area contributed by atoms with Crippen LogP contribution in [0.1, 0.15) is 32.1 Å². The number of nitrogens with one attached hydrogen (secondary N) is 1. The molecule has 14 heavy (non-hydrogen) atoms. The summed E-state index contributed by atoms with van der Waals surface area (Å²) in [5.41, 5.74) is 0. The summed E-state index contributed by atoms with van der Waals surface area (Å²) in [6.45, 7) is 1.79. The van der Waals surface area contributed by atoms with Gasteiger partial charge in [-0.2, -0.15) is 11.8 Å². The van der Waals surface area contributed by atoms with Crippen LogP contribution in [0, 0.1) is 5.92 Å². The number of rotatable bonds is 7. The highest BCUT2D eigenvalue weighted by atomic mass is 32.2. The molecule has 0 amide bonds. The van der Waals surface area contributed by atoms with Crippen molar-refractivity contribution in [2.45, 2.75) is 38.2 Å². The first-order chi connectivity index (χ1) is 6.83. The van der Waals surface area contributed by atoms with Crippen molar-refractivity contribution in [3.8, 4) is 0 Å². The van der Waals surface area contributed by atoms with Crippen LogP contribution in [0.15, 0.2) is 0 Å². The molecule has 0 aromatic rings. The second-order valence-corrected chi connectivity index (χ2v) is 5.22. The van der Waals surface area contributed by atoms with Crippen molar-refractivity contribution in [2.75, 3.05) is 25.1 Å². The van der Waals surface area contributed by atoms with Gasteiger partial charge in [0.05, 0.1) is 6.10 Å². The van der Waals surface area contributed by atoms with Gasteiger partial charge in [-0.3, -0.25) is 0 Å². The molecule has 1 unspecified atom stereocenters. The van der Waals surface area contributed by atoms with Crippen LogP contribution < -0.4 is 5.32 Å². The summed E-state index contributed by atoms with van der Waals surface area (Å²) in [6, 6.07) is 0. The van der Waals surface area contributed by atoms with E-state index in [1.807, 2.05) is 11.8 Å². The van der Waals surface area contributed by atoms with Crippen molar-refractivity contribution in [3.63, 3.8) is 0 Å². The van der Waals surface area contributed by atoms with Crippen LogP contribution >= 0.6 is 11.8 Å². The van der Waals surface area contributed by atoms with Gasteiger partial charge in [-0.25, -0.2) is 0 Å². The fourth-order valence-electron chi connectivity index (χ4n) is 2.16. The quantitative estimate of drug-likeness (QED) is 0.639. The summed E-state index contributed by atoms with van der Waals surface area (Å²) >= 11 is 1.84. The Morgan fingerprint density at radius 1 is 1.43 bits per heavy atom. The Labute approximate surface area is 91.9 Å². The Morgan fingerprint density at radius 3 is 2.79 bits per heavy atom. The van der Waals surface area contributed by atoms with Gasteiger partial charge >= 0.3 is 0 Å². The molecule has 1 rings (SSSR count). The van der Waals surface area contributed by atoms with Crippen molar-refractivity contribution >= 4 is 11.8 Å². The van der Waals surface area contributed by atoms with E-state index in [2.05, 4.69) is 11.6 Å². The van der Waals surface area contributed by atoms with Crippen LogP contribution in [0.5, 0.6) is 0 Å². The van der Waals surface area contributed by atoms with Crippen LogP contribution in [-0.2, 0) is 0 Å². The lowest BCUT2D eigenvalue weighted by Gasteiger charge is -2.15. The van der Waals surface area contributed by atoms with Gasteiger partial charge in [0.2, 0.25) is 0 Å². The fraction of sp³-hybridized carbons (Fsp3) is 1.00. The summed E-state index contributed by atoms with van der Waals surface area (Å²) < 4.78 is 0. The fourth-order valence-corrected chi connectivity index (χ4v) is 2.51. The normalized spacial score (nSPS) is 20.1. The highest BCUT2D eigenvalue weighted by Crippen LogP contribution is 2.28. The topological polar surface area (TPSA) is 32.3 Å². The molecule has 2 N–H and O–H groups in total. The van der Waals surface area contributed by atoms with E-state index < -0.39 is 0 Å². The predicted molar refractivity (Wildman–Crippen MR) is 63.8 cm³/mol. The van der Waals surface area contributed by atoms with Crippen molar-refractivity contribution in [1.29, 1.82) is 0 Å². The molecule has 1 aliphatic carbocycles. The maximum absolute atomic E-state index is 9.74. The van der Waals surface area contributed by atoms with Crippen molar-refractivity contribution in [3.05, 3.63) is 0 Å². The Balaban J connectivity index is 1.95. The Hall–Kier alpha value is 0.270. The first-order valence-corrected chi connectivity index (χ1v) is 7.10. The van der Waals surface area contributed by atoms with E-state index in [1.54, 1.807) is 0 Å². The van der Waals surface area contributed by atoms with Gasteiger partial charge in [0.15, 0.2) is 0 Å². The third kappa shape index (κ3) is 5.23. The van der Waals surface area contributed by atoms with Gasteiger partial charge in [-0.15, -0.1) is 0 Å². The largest absolute Gasteiger partial charge is 0.392 e. The molecule has 1 fully saturated rings. The van der Waals surface area contributed by atoms with E-state index in [-0.39, 0.29) is 6.10 Å². The molecular formula is C11H23NOS. The summed E-state index contributed by atoms with van der Waals surface area (Å²) in [5.74, 6) is 1.93. The maximum Gasteiger partial charge on any atom is 0.0667 e. The molecule has 0 aromatic heterocycles. The zero-order chi connectivity index (χ0) is 10.2. The first-order valence-electron chi connectivity index (χ1n) is 5.70. The van der Waals surface area contributed by atoms with Crippen molar-refractivity contribution in [2.24, 2.45) is 5.92 Å². The molecule has 84 valence electrons. The van der Waals surface area contributed by atoms with Crippen LogP contribution in [0.4, 0.5) is 0 Å². The number of hydrogen-bond donors (Lipinski definition) is 2. The standard InChI is InChI=1S/C11H23NOS/c1-14-7-6-12-9-11(13)8-10-4-2-3-5-10/h10-13H,2-9H2,1H3. The second-order valence-electron chi connectivity index (χ2n) is 4.24. The van der Waals surface area contributed by atoms with Crippen LogP contribution in [-0.4, -0.2) is 36.3 Å². The van der Waals surface area contributed by atoms with Gasteiger partial charge in [-0.05, 0) is 18.6 Å². The minimum atomic E-state index is -0.125. The summed E-state index contributed by atoms with van der Waals surface area (Å²) in [6.07, 6.45) is 8.40. The lowest BCUT2D eigenvalue weighted by atomic mass is 10.0. The highest BCUT2D eigenvalue weighted by Gasteiger charge is 2.18. The van der Waals surface area contributed by atoms with Gasteiger partial charge in [-0.1, -0.05) is 25.7 Å². The van der Waals surface area contributed by atoms with Gasteiger partial charge in [0.1, 0.15) is 0 Å². The van der Waals surface area contributed by atoms with E-state index in [0.717, 1.165) is 31.2 Å². The van der Waals surface area contributed by atoms with E-state index in [4.69, 9.17) is 0 Å². The summed E-state index contributed by atoms with van der Waals surface area (Å²) in [4.78, 5) is 0. The number of thioether (sulfide) groups is 1. The minimum Gasteiger partial charge on any atom is -0.392 e. The molecule has 1 saturated carbocycles. The molecule has 2 nitrogen and oxygen atoms in total. The van der Waals surface area contributed by atoms with E-state index in [1.165, 1.54) is 25.7 Å². The molecule has 0 aliphatic heterocycles. The highest BCUT2D eigenvalue weighted by molar-refractivity contribution is 7.98. The van der Waals surface area contributed by atoms with E-state index in [0.29, 0.717) is 0 Å². The smallest absolute Gasteiger partial charge is 0.0667 e. The molecule has 0 spiro atoms. The molecule has 0 saturated heterocycles. The lowest BCUT2D eigenvalue weighted by molar-refractivity contribution is 0.141. The monoisotopic (exact) mass is 217 g/mol. The second kappa shape index (κ2) is 7.55. The third-order valence-electron chi connectivity index (χ3n) is 2.94. The van der Waals surface area contributed by atoms with Crippen LogP contribution in [0.2, 0.25) is 0 Å². The average molecular weight is 217 g/mol. The van der Waals surface area contributed by atoms with E-state index in [9.17, 15) is 5.11 Å². The van der Waals surface area contributed by atoms with Gasteiger partial charge in [0.25, 0.3) is 0 Å². The zero-order valence-corrected chi connectivity index (χ0v) is 9.98. The molecular weight excluding hydrogens is 194 g/mol. The van der Waals surface area contributed by atoms with Gasteiger partial charge < -0.3 is 10.4 Å². The van der Waals surface area contributed by atoms with E-state index >= 15 is 0 Å². The molecule has 3 heteroatoms. The molecule has 0 bridgehead atoms. The number of aliphatic hydroxyl groups is 1. The van der Waals surface area contributed by atoms with Crippen LogP contribution in [0.3, 0.4) is 0 Å². The number of hydrogen-bond acceptors (Lipinski definition) is 3. The predicted octanol–water partition coefficient (Wildman–Crippen LogP) is 1.88. The molecule has 1 aliphatic rings. The SMILES string of the molecule is CSCCNCC(O)CC1CCCC1. The Morgan fingerprint density at radius 2 is 2.14 bits per heavy atom. The minimum absolute atomic E-state index is 0.125.